The Morgan fingerprint density at radius 3 is 2.48 bits per heavy atom. The highest BCUT2D eigenvalue weighted by Crippen LogP contribution is 2.30. The molecule has 1 N–H and O–H groups in total. The first-order valence-electron chi connectivity index (χ1n) is 6.12. The van der Waals surface area contributed by atoms with Crippen molar-refractivity contribution in [3.63, 3.8) is 0 Å². The van der Waals surface area contributed by atoms with Gasteiger partial charge in [0.25, 0.3) is 5.91 Å². The Kier molecular flexibility index (Phi) is 4.07. The molecule has 0 aliphatic carbocycles. The smallest absolute Gasteiger partial charge is 0.322 e. The molecule has 6 heteroatoms. The number of benzene rings is 2. The van der Waals surface area contributed by atoms with Crippen LogP contribution < -0.4 is 10.8 Å². The number of amides is 1. The molecule has 2 aromatic rings. The Labute approximate surface area is 121 Å². The molecule has 0 bridgehead atoms. The van der Waals surface area contributed by atoms with Gasteiger partial charge in [-0.15, -0.1) is 0 Å². The van der Waals surface area contributed by atoms with E-state index in [-0.39, 0.29) is 11.3 Å². The molecule has 2 nitrogen and oxygen atoms in total. The van der Waals surface area contributed by atoms with Crippen molar-refractivity contribution >= 4 is 24.9 Å². The molecule has 0 saturated carbocycles. The maximum absolute atomic E-state index is 12.6. The summed E-state index contributed by atoms with van der Waals surface area (Å²) in [5.74, 6) is -0.513. The number of hydrogen-bond acceptors (Lipinski definition) is 1. The van der Waals surface area contributed by atoms with Gasteiger partial charge in [0.05, 0.1) is 5.56 Å². The van der Waals surface area contributed by atoms with Crippen molar-refractivity contribution in [2.45, 2.75) is 13.1 Å². The van der Waals surface area contributed by atoms with Crippen LogP contribution in [-0.2, 0) is 6.18 Å². The van der Waals surface area contributed by atoms with E-state index in [0.29, 0.717) is 5.46 Å². The molecule has 0 atom stereocenters. The van der Waals surface area contributed by atoms with E-state index >= 15 is 0 Å². The molecular formula is C15H11BF3NO. The van der Waals surface area contributed by atoms with Gasteiger partial charge in [-0.3, -0.25) is 4.79 Å². The van der Waals surface area contributed by atoms with Crippen LogP contribution in [0.3, 0.4) is 0 Å². The van der Waals surface area contributed by atoms with Crippen LogP contribution in [0.5, 0.6) is 0 Å². The second-order valence-corrected chi connectivity index (χ2v) is 4.60. The Hall–Kier alpha value is -2.24. The number of anilines is 1. The van der Waals surface area contributed by atoms with Gasteiger partial charge in [0.1, 0.15) is 7.85 Å². The molecule has 0 aliphatic rings. The van der Waals surface area contributed by atoms with E-state index in [4.69, 9.17) is 7.85 Å². The lowest BCUT2D eigenvalue weighted by Crippen LogP contribution is -2.16. The summed E-state index contributed by atoms with van der Waals surface area (Å²) >= 11 is 0. The molecule has 2 aromatic carbocycles. The van der Waals surface area contributed by atoms with Crippen LogP contribution in [0.15, 0.2) is 42.5 Å². The maximum atomic E-state index is 12.6. The van der Waals surface area contributed by atoms with Gasteiger partial charge in [-0.1, -0.05) is 29.2 Å². The second kappa shape index (κ2) is 5.64. The highest BCUT2D eigenvalue weighted by Gasteiger charge is 2.30. The fraction of sp³-hybridized carbons (Fsp3) is 0.133. The molecular weight excluding hydrogens is 278 g/mol. The summed E-state index contributed by atoms with van der Waals surface area (Å²) < 4.78 is 37.8. The standard InChI is InChI=1S/C15H11BF3NO/c1-9-5-6-10(7-13(9)16)14(21)20-12-4-2-3-11(8-12)15(17,18)19/h2-8H,1H3,(H,20,21). The SMILES string of the molecule is [B]c1cc(C(=O)Nc2cccc(C(F)(F)F)c2)ccc1C. The van der Waals surface area contributed by atoms with Gasteiger partial charge in [-0.25, -0.2) is 0 Å². The third-order valence-corrected chi connectivity index (χ3v) is 2.99. The zero-order valence-corrected chi connectivity index (χ0v) is 11.2. The summed E-state index contributed by atoms with van der Waals surface area (Å²) in [7, 11) is 5.70. The zero-order chi connectivity index (χ0) is 15.6. The summed E-state index contributed by atoms with van der Waals surface area (Å²) in [4.78, 5) is 12.0. The normalized spacial score (nSPS) is 11.2. The van der Waals surface area contributed by atoms with Crippen molar-refractivity contribution in [2.24, 2.45) is 0 Å². The minimum Gasteiger partial charge on any atom is -0.322 e. The third-order valence-electron chi connectivity index (χ3n) is 2.99. The number of alkyl halides is 3. The monoisotopic (exact) mass is 289 g/mol. The first-order valence-corrected chi connectivity index (χ1v) is 6.12. The molecule has 2 rings (SSSR count). The predicted molar refractivity (Wildman–Crippen MR) is 76.0 cm³/mol. The van der Waals surface area contributed by atoms with E-state index in [0.717, 1.165) is 17.7 Å². The highest BCUT2D eigenvalue weighted by molar-refractivity contribution is 6.33. The average molecular weight is 289 g/mol. The van der Waals surface area contributed by atoms with Crippen molar-refractivity contribution in [1.29, 1.82) is 0 Å². The van der Waals surface area contributed by atoms with Crippen LogP contribution in [0.1, 0.15) is 21.5 Å². The van der Waals surface area contributed by atoms with Crippen LogP contribution in [0.4, 0.5) is 18.9 Å². The lowest BCUT2D eigenvalue weighted by atomic mass is 9.89. The van der Waals surface area contributed by atoms with E-state index in [1.165, 1.54) is 18.2 Å². The van der Waals surface area contributed by atoms with Crippen LogP contribution in [-0.4, -0.2) is 13.8 Å². The Balaban J connectivity index is 2.21. The van der Waals surface area contributed by atoms with Gasteiger partial charge in [0.2, 0.25) is 0 Å². The number of carbonyl (C=O) groups excluding carboxylic acids is 1. The average Bonchev–Trinajstić information content (AvgIpc) is 2.41. The molecule has 106 valence electrons. The summed E-state index contributed by atoms with van der Waals surface area (Å²) in [6.07, 6.45) is -4.45. The zero-order valence-electron chi connectivity index (χ0n) is 11.2. The molecule has 1 amide bonds. The van der Waals surface area contributed by atoms with Crippen molar-refractivity contribution in [1.82, 2.24) is 0 Å². The quantitative estimate of drug-likeness (QED) is 0.846. The molecule has 21 heavy (non-hydrogen) atoms. The molecule has 0 spiro atoms. The minimum absolute atomic E-state index is 0.0778. The Bertz CT molecular complexity index is 683. The largest absolute Gasteiger partial charge is 0.416 e. The molecule has 0 aromatic heterocycles. The number of nitrogens with one attached hydrogen (secondary N) is 1. The molecule has 0 aliphatic heterocycles. The number of aryl methyl sites for hydroxylation is 1. The van der Waals surface area contributed by atoms with Crippen molar-refractivity contribution in [3.05, 3.63) is 59.2 Å². The van der Waals surface area contributed by atoms with E-state index in [9.17, 15) is 18.0 Å². The lowest BCUT2D eigenvalue weighted by Gasteiger charge is -2.10. The number of halogens is 3. The summed E-state index contributed by atoms with van der Waals surface area (Å²) in [5.41, 5.74) is 0.825. The summed E-state index contributed by atoms with van der Waals surface area (Å²) in [6, 6.07) is 9.19. The molecule has 0 saturated heterocycles. The molecule has 0 heterocycles. The van der Waals surface area contributed by atoms with E-state index < -0.39 is 17.6 Å². The van der Waals surface area contributed by atoms with Gasteiger partial charge < -0.3 is 5.32 Å². The Morgan fingerprint density at radius 2 is 1.86 bits per heavy atom. The van der Waals surface area contributed by atoms with E-state index in [2.05, 4.69) is 5.32 Å². The van der Waals surface area contributed by atoms with Crippen molar-refractivity contribution in [2.75, 3.05) is 5.32 Å². The molecule has 2 radical (unpaired) electrons. The fourth-order valence-electron chi connectivity index (χ4n) is 1.76. The summed E-state index contributed by atoms with van der Waals surface area (Å²) in [6.45, 7) is 1.80. The number of hydrogen-bond donors (Lipinski definition) is 1. The number of rotatable bonds is 2. The minimum atomic E-state index is -4.45. The van der Waals surface area contributed by atoms with Gasteiger partial charge in [0, 0.05) is 11.3 Å². The van der Waals surface area contributed by atoms with Gasteiger partial charge in [0.15, 0.2) is 0 Å². The number of carbonyl (C=O) groups is 1. The van der Waals surface area contributed by atoms with Gasteiger partial charge in [-0.05, 0) is 31.2 Å². The van der Waals surface area contributed by atoms with Gasteiger partial charge >= 0.3 is 6.18 Å². The Morgan fingerprint density at radius 1 is 1.14 bits per heavy atom. The van der Waals surface area contributed by atoms with E-state index in [1.807, 2.05) is 0 Å². The molecule has 0 unspecified atom stereocenters. The third kappa shape index (κ3) is 3.65. The lowest BCUT2D eigenvalue weighted by molar-refractivity contribution is -0.137. The van der Waals surface area contributed by atoms with Crippen molar-refractivity contribution in [3.8, 4) is 0 Å². The topological polar surface area (TPSA) is 29.1 Å². The maximum Gasteiger partial charge on any atom is 0.416 e. The highest BCUT2D eigenvalue weighted by atomic mass is 19.4. The molecule has 0 fully saturated rings. The second-order valence-electron chi connectivity index (χ2n) is 4.60. The van der Waals surface area contributed by atoms with Crippen molar-refractivity contribution < 1.29 is 18.0 Å². The predicted octanol–water partition coefficient (Wildman–Crippen LogP) is 3.06. The van der Waals surface area contributed by atoms with Crippen LogP contribution in [0.25, 0.3) is 0 Å². The van der Waals surface area contributed by atoms with Crippen LogP contribution >= 0.6 is 0 Å². The first-order chi connectivity index (χ1) is 9.77. The first kappa shape index (κ1) is 15.2. The van der Waals surface area contributed by atoms with Crippen LogP contribution in [0.2, 0.25) is 0 Å². The van der Waals surface area contributed by atoms with Gasteiger partial charge in [-0.2, -0.15) is 13.2 Å². The van der Waals surface area contributed by atoms with E-state index in [1.54, 1.807) is 19.1 Å². The fourth-order valence-corrected chi connectivity index (χ4v) is 1.76. The van der Waals surface area contributed by atoms with Crippen LogP contribution in [0, 0.1) is 6.92 Å². The summed E-state index contributed by atoms with van der Waals surface area (Å²) in [5, 5.41) is 2.42.